The molecule has 1 aromatic rings. The number of halogens is 1. The molecule has 4 heteroatoms. The van der Waals surface area contributed by atoms with Gasteiger partial charge in [0.2, 0.25) is 0 Å². The molecule has 0 radical (unpaired) electrons. The first-order chi connectivity index (χ1) is 5.62. The Balaban J connectivity index is 2.19. The lowest BCUT2D eigenvalue weighted by Crippen LogP contribution is -2.29. The highest BCUT2D eigenvalue weighted by Gasteiger charge is 2.46. The van der Waals surface area contributed by atoms with Gasteiger partial charge in [0.05, 0.1) is 0 Å². The Kier molecular flexibility index (Phi) is 2.03. The maximum atomic E-state index is 9.80. The lowest BCUT2D eigenvalue weighted by Gasteiger charge is -2.15. The quantitative estimate of drug-likeness (QED) is 0.841. The lowest BCUT2D eigenvalue weighted by molar-refractivity contribution is 0.139. The highest BCUT2D eigenvalue weighted by molar-refractivity contribution is 9.10. The van der Waals surface area contributed by atoms with E-state index in [1.54, 1.807) is 11.3 Å². The molecule has 0 spiro atoms. The van der Waals surface area contributed by atoms with Crippen LogP contribution in [0.15, 0.2) is 15.9 Å². The molecule has 1 fully saturated rings. The number of hydrogen-bond donors (Lipinski definition) is 2. The third-order valence-corrected chi connectivity index (χ3v) is 3.98. The monoisotopic (exact) mass is 247 g/mol. The van der Waals surface area contributed by atoms with Crippen LogP contribution in [0.2, 0.25) is 0 Å². The Morgan fingerprint density at radius 1 is 1.67 bits per heavy atom. The molecule has 1 atom stereocenters. The molecular weight excluding hydrogens is 238 g/mol. The van der Waals surface area contributed by atoms with Gasteiger partial charge < -0.3 is 10.8 Å². The summed E-state index contributed by atoms with van der Waals surface area (Å²) in [4.78, 5) is 0.960. The molecule has 0 saturated heterocycles. The van der Waals surface area contributed by atoms with Crippen molar-refractivity contribution in [2.75, 3.05) is 0 Å². The Hall–Kier alpha value is 0.1000. The molecule has 0 bridgehead atoms. The summed E-state index contributed by atoms with van der Waals surface area (Å²) in [6.07, 6.45) is 1.39. The largest absolute Gasteiger partial charge is 0.386 e. The van der Waals surface area contributed by atoms with Crippen molar-refractivity contribution in [2.45, 2.75) is 24.5 Å². The van der Waals surface area contributed by atoms with Gasteiger partial charge in [-0.05, 0) is 34.8 Å². The minimum Gasteiger partial charge on any atom is -0.386 e. The Morgan fingerprint density at radius 3 is 2.75 bits per heavy atom. The van der Waals surface area contributed by atoms with Gasteiger partial charge in [-0.3, -0.25) is 0 Å². The highest BCUT2D eigenvalue weighted by Crippen LogP contribution is 2.45. The first-order valence-electron chi connectivity index (χ1n) is 3.83. The van der Waals surface area contributed by atoms with E-state index in [-0.39, 0.29) is 5.54 Å². The van der Waals surface area contributed by atoms with Crippen LogP contribution in [0.1, 0.15) is 23.8 Å². The molecule has 66 valence electrons. The van der Waals surface area contributed by atoms with Gasteiger partial charge >= 0.3 is 0 Å². The van der Waals surface area contributed by atoms with Crippen molar-refractivity contribution >= 4 is 27.3 Å². The molecule has 0 amide bonds. The summed E-state index contributed by atoms with van der Waals surface area (Å²) in [5.41, 5.74) is 5.54. The zero-order chi connectivity index (χ0) is 8.77. The van der Waals surface area contributed by atoms with E-state index in [1.807, 2.05) is 11.4 Å². The molecule has 1 unspecified atom stereocenters. The van der Waals surface area contributed by atoms with Crippen LogP contribution < -0.4 is 5.73 Å². The first kappa shape index (κ1) is 8.69. The van der Waals surface area contributed by atoms with Crippen molar-refractivity contribution in [1.29, 1.82) is 0 Å². The number of hydrogen-bond acceptors (Lipinski definition) is 3. The van der Waals surface area contributed by atoms with Crippen LogP contribution in [-0.2, 0) is 0 Å². The van der Waals surface area contributed by atoms with E-state index in [1.165, 1.54) is 0 Å². The number of rotatable bonds is 2. The molecule has 1 aliphatic carbocycles. The molecule has 3 N–H and O–H groups in total. The first-order valence-corrected chi connectivity index (χ1v) is 5.50. The van der Waals surface area contributed by atoms with Crippen molar-refractivity contribution in [2.24, 2.45) is 5.73 Å². The minimum absolute atomic E-state index is 0.329. The SMILES string of the molecule is NC1(C(O)c2cc(Br)cs2)CC1. The summed E-state index contributed by atoms with van der Waals surface area (Å²) in [6.45, 7) is 0. The van der Waals surface area contributed by atoms with Crippen molar-refractivity contribution in [3.63, 3.8) is 0 Å². The molecule has 2 rings (SSSR count). The molecule has 2 nitrogen and oxygen atoms in total. The second-order valence-electron chi connectivity index (χ2n) is 3.30. The fourth-order valence-corrected chi connectivity index (χ4v) is 2.73. The van der Waals surface area contributed by atoms with Crippen LogP contribution >= 0.6 is 27.3 Å². The van der Waals surface area contributed by atoms with E-state index in [0.717, 1.165) is 22.2 Å². The summed E-state index contributed by atoms with van der Waals surface area (Å²) >= 11 is 4.89. The van der Waals surface area contributed by atoms with Crippen molar-refractivity contribution in [3.05, 3.63) is 20.8 Å². The molecule has 0 aromatic carbocycles. The summed E-state index contributed by atoms with van der Waals surface area (Å²) < 4.78 is 1.02. The normalized spacial score (nSPS) is 22.2. The lowest BCUT2D eigenvalue weighted by atomic mass is 10.1. The summed E-state index contributed by atoms with van der Waals surface area (Å²) in [5.74, 6) is 0. The van der Waals surface area contributed by atoms with Gasteiger partial charge in [0.1, 0.15) is 6.10 Å². The van der Waals surface area contributed by atoms with Crippen LogP contribution in [0.3, 0.4) is 0 Å². The van der Waals surface area contributed by atoms with E-state index in [9.17, 15) is 5.11 Å². The van der Waals surface area contributed by atoms with E-state index in [2.05, 4.69) is 15.9 Å². The van der Waals surface area contributed by atoms with Crippen LogP contribution in [0.5, 0.6) is 0 Å². The van der Waals surface area contributed by atoms with Crippen molar-refractivity contribution < 1.29 is 5.11 Å². The average molecular weight is 248 g/mol. The maximum absolute atomic E-state index is 9.80. The predicted molar refractivity (Wildman–Crippen MR) is 53.1 cm³/mol. The molecule has 0 aliphatic heterocycles. The molecule has 1 aromatic heterocycles. The summed E-state index contributed by atoms with van der Waals surface area (Å²) in [6, 6.07) is 1.93. The fourth-order valence-electron chi connectivity index (χ4n) is 1.17. The Bertz CT molecular complexity index is 295. The predicted octanol–water partition coefficient (Wildman–Crippen LogP) is 2.04. The number of nitrogens with two attached hydrogens (primary N) is 1. The minimum atomic E-state index is -0.478. The second-order valence-corrected chi connectivity index (χ2v) is 5.16. The second kappa shape index (κ2) is 2.80. The molecule has 1 heterocycles. The van der Waals surface area contributed by atoms with Gasteiger partial charge in [0, 0.05) is 20.3 Å². The van der Waals surface area contributed by atoms with Crippen molar-refractivity contribution in [1.82, 2.24) is 0 Å². The average Bonchev–Trinajstić information content (AvgIpc) is 2.62. The van der Waals surface area contributed by atoms with Crippen molar-refractivity contribution in [3.8, 4) is 0 Å². The Labute approximate surface area is 83.5 Å². The molecule has 12 heavy (non-hydrogen) atoms. The van der Waals surface area contributed by atoms with E-state index >= 15 is 0 Å². The maximum Gasteiger partial charge on any atom is 0.106 e. The third-order valence-electron chi connectivity index (χ3n) is 2.23. The molecule has 1 aliphatic rings. The smallest absolute Gasteiger partial charge is 0.106 e. The van der Waals surface area contributed by atoms with E-state index in [0.29, 0.717) is 0 Å². The number of aliphatic hydroxyl groups excluding tert-OH is 1. The zero-order valence-corrected chi connectivity index (χ0v) is 8.86. The van der Waals surface area contributed by atoms with Gasteiger partial charge in [0.25, 0.3) is 0 Å². The Morgan fingerprint density at radius 2 is 2.33 bits per heavy atom. The van der Waals surface area contributed by atoms with Gasteiger partial charge in [-0.25, -0.2) is 0 Å². The number of aliphatic hydroxyl groups is 1. The summed E-state index contributed by atoms with van der Waals surface area (Å²) in [5, 5.41) is 11.8. The number of thiophene rings is 1. The standard InChI is InChI=1S/C8H10BrNOS/c9-5-3-6(12-4-5)7(11)8(10)1-2-8/h3-4,7,11H,1-2,10H2. The van der Waals surface area contributed by atoms with Gasteiger partial charge in [-0.15, -0.1) is 11.3 Å². The highest BCUT2D eigenvalue weighted by atomic mass is 79.9. The third kappa shape index (κ3) is 1.44. The van der Waals surface area contributed by atoms with E-state index in [4.69, 9.17) is 5.73 Å². The van der Waals surface area contributed by atoms with Crippen LogP contribution in [0.25, 0.3) is 0 Å². The molecular formula is C8H10BrNOS. The molecule has 1 saturated carbocycles. The topological polar surface area (TPSA) is 46.2 Å². The summed E-state index contributed by atoms with van der Waals surface area (Å²) in [7, 11) is 0. The van der Waals surface area contributed by atoms with Crippen LogP contribution in [0.4, 0.5) is 0 Å². The van der Waals surface area contributed by atoms with E-state index < -0.39 is 6.10 Å². The van der Waals surface area contributed by atoms with Crippen LogP contribution in [0, 0.1) is 0 Å². The van der Waals surface area contributed by atoms with Gasteiger partial charge in [-0.2, -0.15) is 0 Å². The van der Waals surface area contributed by atoms with Gasteiger partial charge in [0.15, 0.2) is 0 Å². The van der Waals surface area contributed by atoms with Crippen LogP contribution in [-0.4, -0.2) is 10.6 Å². The van der Waals surface area contributed by atoms with Gasteiger partial charge in [-0.1, -0.05) is 0 Å². The zero-order valence-electron chi connectivity index (χ0n) is 6.46. The fraction of sp³-hybridized carbons (Fsp3) is 0.500.